The Hall–Kier alpha value is -1.81. The number of H-pyrrole nitrogens is 1. The van der Waals surface area contributed by atoms with Gasteiger partial charge in [0.2, 0.25) is 0 Å². The van der Waals surface area contributed by atoms with Gasteiger partial charge < -0.3 is 10.1 Å². The molecule has 1 aromatic carbocycles. The van der Waals surface area contributed by atoms with Crippen molar-refractivity contribution in [2.75, 3.05) is 6.61 Å². The fourth-order valence-electron chi connectivity index (χ4n) is 2.71. The fraction of sp³-hybridized carbons (Fsp3) is 0.438. The number of nitrogens with one attached hydrogen (secondary N) is 2. The Labute approximate surface area is 119 Å². The van der Waals surface area contributed by atoms with Crippen LogP contribution in [0.5, 0.6) is 5.75 Å². The van der Waals surface area contributed by atoms with E-state index < -0.39 is 0 Å². The second kappa shape index (κ2) is 5.67. The maximum absolute atomic E-state index is 5.57. The summed E-state index contributed by atoms with van der Waals surface area (Å²) in [5.41, 5.74) is 5.04. The average molecular weight is 271 g/mol. The predicted molar refractivity (Wildman–Crippen MR) is 78.8 cm³/mol. The molecule has 0 spiro atoms. The Morgan fingerprint density at radius 2 is 2.35 bits per heavy atom. The summed E-state index contributed by atoms with van der Waals surface area (Å²) in [5, 5.41) is 10.7. The lowest BCUT2D eigenvalue weighted by Gasteiger charge is -2.18. The molecule has 2 heterocycles. The Balaban J connectivity index is 1.71. The van der Waals surface area contributed by atoms with Gasteiger partial charge in [-0.25, -0.2) is 0 Å². The highest BCUT2D eigenvalue weighted by molar-refractivity contribution is 5.40. The number of hydrogen-bond acceptors (Lipinski definition) is 3. The van der Waals surface area contributed by atoms with Gasteiger partial charge in [-0.3, -0.25) is 5.10 Å². The summed E-state index contributed by atoms with van der Waals surface area (Å²) < 4.78 is 5.57. The summed E-state index contributed by atoms with van der Waals surface area (Å²) in [4.78, 5) is 0. The van der Waals surface area contributed by atoms with Crippen molar-refractivity contribution in [2.24, 2.45) is 0 Å². The van der Waals surface area contributed by atoms with E-state index in [1.807, 2.05) is 6.20 Å². The number of hydrogen-bond donors (Lipinski definition) is 2. The lowest BCUT2D eigenvalue weighted by Crippen LogP contribution is -2.20. The highest BCUT2D eigenvalue weighted by Crippen LogP contribution is 2.29. The molecule has 4 nitrogen and oxygen atoms in total. The zero-order chi connectivity index (χ0) is 13.9. The summed E-state index contributed by atoms with van der Waals surface area (Å²) in [7, 11) is 0. The van der Waals surface area contributed by atoms with Gasteiger partial charge in [0.25, 0.3) is 0 Å². The SMILES string of the molecule is CCC(NCc1cn[nH]c1C)c1ccc2c(c1)CCO2. The van der Waals surface area contributed by atoms with E-state index in [4.69, 9.17) is 4.74 Å². The first-order valence-corrected chi connectivity index (χ1v) is 7.25. The molecule has 0 bridgehead atoms. The Kier molecular flexibility index (Phi) is 3.74. The van der Waals surface area contributed by atoms with Crippen molar-refractivity contribution in [3.63, 3.8) is 0 Å². The molecule has 1 aliphatic heterocycles. The summed E-state index contributed by atoms with van der Waals surface area (Å²) in [6, 6.07) is 6.93. The molecule has 3 rings (SSSR count). The van der Waals surface area contributed by atoms with E-state index in [0.29, 0.717) is 6.04 Å². The largest absolute Gasteiger partial charge is 0.493 e. The molecule has 20 heavy (non-hydrogen) atoms. The van der Waals surface area contributed by atoms with E-state index in [9.17, 15) is 0 Å². The van der Waals surface area contributed by atoms with Crippen LogP contribution in [0.15, 0.2) is 24.4 Å². The van der Waals surface area contributed by atoms with Crippen LogP contribution in [0.4, 0.5) is 0 Å². The van der Waals surface area contributed by atoms with Crippen molar-refractivity contribution in [1.82, 2.24) is 15.5 Å². The third kappa shape index (κ3) is 2.56. The highest BCUT2D eigenvalue weighted by Gasteiger charge is 2.16. The minimum atomic E-state index is 0.371. The molecule has 1 aliphatic rings. The van der Waals surface area contributed by atoms with Crippen molar-refractivity contribution in [2.45, 2.75) is 39.3 Å². The predicted octanol–water partition coefficient (Wildman–Crippen LogP) is 2.89. The van der Waals surface area contributed by atoms with Gasteiger partial charge in [-0.2, -0.15) is 5.10 Å². The van der Waals surface area contributed by atoms with E-state index in [-0.39, 0.29) is 0 Å². The molecular weight excluding hydrogens is 250 g/mol. The van der Waals surface area contributed by atoms with Crippen LogP contribution in [-0.4, -0.2) is 16.8 Å². The van der Waals surface area contributed by atoms with Crippen LogP contribution in [0.3, 0.4) is 0 Å². The van der Waals surface area contributed by atoms with Gasteiger partial charge in [-0.05, 0) is 30.5 Å². The third-order valence-electron chi connectivity index (χ3n) is 4.00. The summed E-state index contributed by atoms with van der Waals surface area (Å²) in [5.74, 6) is 1.05. The monoisotopic (exact) mass is 271 g/mol. The van der Waals surface area contributed by atoms with Gasteiger partial charge in [-0.1, -0.05) is 19.1 Å². The molecule has 106 valence electrons. The van der Waals surface area contributed by atoms with Crippen LogP contribution >= 0.6 is 0 Å². The van der Waals surface area contributed by atoms with E-state index >= 15 is 0 Å². The van der Waals surface area contributed by atoms with Crippen molar-refractivity contribution in [3.05, 3.63) is 46.8 Å². The van der Waals surface area contributed by atoms with Gasteiger partial charge in [0.1, 0.15) is 5.75 Å². The summed E-state index contributed by atoms with van der Waals surface area (Å²) in [6.07, 6.45) is 3.99. The lowest BCUT2D eigenvalue weighted by molar-refractivity contribution is 0.356. The van der Waals surface area contributed by atoms with E-state index in [1.54, 1.807) is 0 Å². The minimum absolute atomic E-state index is 0.371. The van der Waals surface area contributed by atoms with Gasteiger partial charge in [0.15, 0.2) is 0 Å². The smallest absolute Gasteiger partial charge is 0.122 e. The quantitative estimate of drug-likeness (QED) is 0.879. The van der Waals surface area contributed by atoms with Gasteiger partial charge >= 0.3 is 0 Å². The van der Waals surface area contributed by atoms with Crippen LogP contribution < -0.4 is 10.1 Å². The number of benzene rings is 1. The maximum Gasteiger partial charge on any atom is 0.122 e. The molecule has 0 aliphatic carbocycles. The molecule has 1 aromatic heterocycles. The first-order valence-electron chi connectivity index (χ1n) is 7.25. The van der Waals surface area contributed by atoms with Crippen LogP contribution in [0.1, 0.15) is 41.8 Å². The molecular formula is C16H21N3O. The topological polar surface area (TPSA) is 49.9 Å². The fourth-order valence-corrected chi connectivity index (χ4v) is 2.71. The van der Waals surface area contributed by atoms with Gasteiger partial charge in [-0.15, -0.1) is 0 Å². The standard InChI is InChI=1S/C16H21N3O/c1-3-15(17-9-14-10-18-19-11(14)2)12-4-5-16-13(8-12)6-7-20-16/h4-5,8,10,15,17H,3,6-7,9H2,1-2H3,(H,18,19). The van der Waals surface area contributed by atoms with E-state index in [0.717, 1.165) is 37.4 Å². The van der Waals surface area contributed by atoms with Crippen molar-refractivity contribution in [3.8, 4) is 5.75 Å². The second-order valence-corrected chi connectivity index (χ2v) is 5.33. The molecule has 1 unspecified atom stereocenters. The molecule has 1 atom stereocenters. The molecule has 0 saturated carbocycles. The van der Waals surface area contributed by atoms with Crippen LogP contribution in [0.25, 0.3) is 0 Å². The number of aromatic amines is 1. The molecule has 4 heteroatoms. The first kappa shape index (κ1) is 13.2. The molecule has 2 N–H and O–H groups in total. The molecule has 2 aromatic rings. The number of aryl methyl sites for hydroxylation is 1. The lowest BCUT2D eigenvalue weighted by atomic mass is 10.0. The van der Waals surface area contributed by atoms with Crippen molar-refractivity contribution in [1.29, 1.82) is 0 Å². The Bertz CT molecular complexity index is 591. The third-order valence-corrected chi connectivity index (χ3v) is 4.00. The minimum Gasteiger partial charge on any atom is -0.493 e. The average Bonchev–Trinajstić information content (AvgIpc) is 3.08. The van der Waals surface area contributed by atoms with Crippen molar-refractivity contribution >= 4 is 0 Å². The molecule has 0 amide bonds. The zero-order valence-corrected chi connectivity index (χ0v) is 12.1. The number of ether oxygens (including phenoxy) is 1. The number of aromatic nitrogens is 2. The van der Waals surface area contributed by atoms with Crippen molar-refractivity contribution < 1.29 is 4.74 Å². The van der Waals surface area contributed by atoms with Gasteiger partial charge in [0.05, 0.1) is 12.8 Å². The highest BCUT2D eigenvalue weighted by atomic mass is 16.5. The van der Waals surface area contributed by atoms with Crippen LogP contribution in [0.2, 0.25) is 0 Å². The van der Waals surface area contributed by atoms with E-state index in [2.05, 4.69) is 47.6 Å². The summed E-state index contributed by atoms with van der Waals surface area (Å²) >= 11 is 0. The number of rotatable bonds is 5. The molecule has 0 saturated heterocycles. The molecule has 0 radical (unpaired) electrons. The summed E-state index contributed by atoms with van der Waals surface area (Å²) in [6.45, 7) is 5.92. The maximum atomic E-state index is 5.57. The van der Waals surface area contributed by atoms with Crippen LogP contribution in [0, 0.1) is 6.92 Å². The van der Waals surface area contributed by atoms with Gasteiger partial charge in [0, 0.05) is 30.3 Å². The second-order valence-electron chi connectivity index (χ2n) is 5.33. The number of fused-ring (bicyclic) bond motifs is 1. The Morgan fingerprint density at radius 3 is 3.10 bits per heavy atom. The molecule has 0 fully saturated rings. The zero-order valence-electron chi connectivity index (χ0n) is 12.1. The number of nitrogens with zero attached hydrogens (tertiary/aromatic N) is 1. The first-order chi connectivity index (χ1) is 9.78. The van der Waals surface area contributed by atoms with Crippen LogP contribution in [-0.2, 0) is 13.0 Å². The Morgan fingerprint density at radius 1 is 1.45 bits per heavy atom. The normalized spacial score (nSPS) is 14.9. The van der Waals surface area contributed by atoms with E-state index in [1.165, 1.54) is 16.7 Å².